The molecule has 2 atom stereocenters. The summed E-state index contributed by atoms with van der Waals surface area (Å²) in [7, 11) is 0. The molecule has 7 aromatic rings. The Morgan fingerprint density at radius 3 is 1.64 bits per heavy atom. The van der Waals surface area contributed by atoms with Crippen LogP contribution in [0.4, 0.5) is 28.4 Å². The van der Waals surface area contributed by atoms with E-state index in [9.17, 15) is 0 Å². The largest absolute Gasteiger partial charge is 0.314 e. The predicted molar refractivity (Wildman–Crippen MR) is 245 cm³/mol. The van der Waals surface area contributed by atoms with Crippen LogP contribution in [0.25, 0.3) is 16.7 Å². The normalized spacial score (nSPS) is 18.6. The number of nitrogens with zero attached hydrogens (tertiary/aromatic N) is 2. The molecule has 2 nitrogen and oxygen atoms in total. The number of allylic oxidation sites excluding steroid dienone is 7. The summed E-state index contributed by atoms with van der Waals surface area (Å²) in [6.07, 6.45) is 15.1. The smallest absolute Gasteiger partial charge is 0.0711 e. The molecule has 0 aromatic heterocycles. The van der Waals surface area contributed by atoms with E-state index >= 15 is 0 Å². The van der Waals surface area contributed by atoms with E-state index in [0.717, 1.165) is 36.3 Å². The van der Waals surface area contributed by atoms with Crippen molar-refractivity contribution in [2.45, 2.75) is 34.8 Å². The van der Waals surface area contributed by atoms with E-state index in [-0.39, 0.29) is 0 Å². The Hall–Kier alpha value is -6.55. The average molecular weight is 763 g/mol. The second kappa shape index (κ2) is 14.4. The summed E-state index contributed by atoms with van der Waals surface area (Å²) in [5.41, 5.74) is 17.5. The van der Waals surface area contributed by atoms with E-state index < -0.39 is 5.41 Å². The predicted octanol–water partition coefficient (Wildman–Crippen LogP) is 14.7. The lowest BCUT2D eigenvalue weighted by Crippen LogP contribution is -2.30. The molecule has 278 valence electrons. The van der Waals surface area contributed by atoms with Gasteiger partial charge in [0.05, 0.1) is 5.41 Å². The van der Waals surface area contributed by atoms with Crippen LogP contribution in [0.1, 0.15) is 41.5 Å². The first-order valence-corrected chi connectivity index (χ1v) is 21.3. The van der Waals surface area contributed by atoms with Gasteiger partial charge in [-0.25, -0.2) is 0 Å². The quantitative estimate of drug-likeness (QED) is 0.152. The number of thioether (sulfide) groups is 1. The van der Waals surface area contributed by atoms with Crippen LogP contribution in [-0.4, -0.2) is 5.25 Å². The van der Waals surface area contributed by atoms with Crippen molar-refractivity contribution < 1.29 is 0 Å². The first kappa shape index (κ1) is 34.7. The number of para-hydroxylation sites is 4. The van der Waals surface area contributed by atoms with Gasteiger partial charge in [-0.1, -0.05) is 133 Å². The molecule has 0 bridgehead atoms. The summed E-state index contributed by atoms with van der Waals surface area (Å²) in [6.45, 7) is 0. The summed E-state index contributed by atoms with van der Waals surface area (Å²) in [5, 5.41) is 0.333. The highest BCUT2D eigenvalue weighted by Gasteiger charge is 2.48. The van der Waals surface area contributed by atoms with Crippen LogP contribution in [0, 0.1) is 0 Å². The molecule has 0 N–H and O–H groups in total. The maximum atomic E-state index is 2.58. The van der Waals surface area contributed by atoms with Crippen molar-refractivity contribution >= 4 is 45.8 Å². The van der Waals surface area contributed by atoms with Gasteiger partial charge in [0.1, 0.15) is 0 Å². The third-order valence-electron chi connectivity index (χ3n) is 12.2. The monoisotopic (exact) mass is 762 g/mol. The molecule has 3 heteroatoms. The Labute approximate surface area is 345 Å². The van der Waals surface area contributed by atoms with Crippen LogP contribution >= 0.6 is 11.8 Å². The molecule has 11 rings (SSSR count). The Morgan fingerprint density at radius 1 is 0.483 bits per heavy atom. The van der Waals surface area contributed by atoms with Gasteiger partial charge < -0.3 is 9.80 Å². The molecule has 2 unspecified atom stereocenters. The molecule has 0 saturated heterocycles. The van der Waals surface area contributed by atoms with Crippen LogP contribution in [0.2, 0.25) is 0 Å². The average Bonchev–Trinajstić information content (AvgIpc) is 3.80. The van der Waals surface area contributed by atoms with E-state index in [0.29, 0.717) is 5.25 Å². The van der Waals surface area contributed by atoms with Gasteiger partial charge >= 0.3 is 0 Å². The minimum absolute atomic E-state index is 0.333. The minimum Gasteiger partial charge on any atom is -0.314 e. The Kier molecular flexibility index (Phi) is 8.63. The van der Waals surface area contributed by atoms with E-state index in [1.54, 1.807) is 0 Å². The molecule has 0 radical (unpaired) electrons. The molecule has 1 heterocycles. The summed E-state index contributed by atoms with van der Waals surface area (Å²) in [5.74, 6) is 0. The van der Waals surface area contributed by atoms with Crippen LogP contribution < -0.4 is 9.80 Å². The van der Waals surface area contributed by atoms with Crippen molar-refractivity contribution in [3.63, 3.8) is 0 Å². The minimum atomic E-state index is -0.483. The number of fused-ring (bicyclic) bond motifs is 6. The number of benzene rings is 7. The van der Waals surface area contributed by atoms with Crippen LogP contribution in [0.3, 0.4) is 0 Å². The highest BCUT2D eigenvalue weighted by atomic mass is 32.2. The Morgan fingerprint density at radius 2 is 1.05 bits per heavy atom. The summed E-state index contributed by atoms with van der Waals surface area (Å²) < 4.78 is 0. The van der Waals surface area contributed by atoms with Gasteiger partial charge in [0.15, 0.2) is 0 Å². The maximum Gasteiger partial charge on any atom is 0.0711 e. The van der Waals surface area contributed by atoms with Crippen LogP contribution in [-0.2, 0) is 5.41 Å². The van der Waals surface area contributed by atoms with Gasteiger partial charge in [0, 0.05) is 50.7 Å². The van der Waals surface area contributed by atoms with Gasteiger partial charge in [-0.05, 0) is 136 Å². The number of anilines is 5. The molecule has 0 fully saturated rings. The standard InChI is InChI=1S/C55H42N2S/c1-7-19-39(20-8-1)55(40-21-9-2-10-22-40)51-35-45(56(41-23-11-3-12-24-41)42-25-13-4-14-26-42)31-33-47(51)49-38-54-50(37-52(49)55)48-34-32-46(36-53(48)58-54)57(43-27-15-5-16-28-43)44-29-17-6-18-30-44/h1,3-9,11-35,37-38,53H,2,10,36H2. The molecule has 3 aliphatic carbocycles. The third kappa shape index (κ3) is 5.64. The first-order chi connectivity index (χ1) is 28.8. The lowest BCUT2D eigenvalue weighted by Gasteiger charge is -2.36. The molecule has 4 aliphatic rings. The van der Waals surface area contributed by atoms with Crippen molar-refractivity contribution in [1.82, 2.24) is 0 Å². The highest BCUT2D eigenvalue weighted by molar-refractivity contribution is 8.00. The molecule has 0 spiro atoms. The zero-order chi connectivity index (χ0) is 38.5. The fourth-order valence-electron chi connectivity index (χ4n) is 9.75. The van der Waals surface area contributed by atoms with E-state index in [4.69, 9.17) is 0 Å². The fraction of sp³-hybridized carbons (Fsp3) is 0.0909. The molecule has 0 saturated carbocycles. The highest BCUT2D eigenvalue weighted by Crippen LogP contribution is 2.61. The van der Waals surface area contributed by atoms with Crippen molar-refractivity contribution in [3.8, 4) is 11.1 Å². The number of hydrogen-bond acceptors (Lipinski definition) is 3. The second-order valence-electron chi connectivity index (χ2n) is 15.5. The van der Waals surface area contributed by atoms with Gasteiger partial charge in [-0.2, -0.15) is 0 Å². The summed E-state index contributed by atoms with van der Waals surface area (Å²) >= 11 is 2.03. The summed E-state index contributed by atoms with van der Waals surface area (Å²) in [4.78, 5) is 6.20. The third-order valence-corrected chi connectivity index (χ3v) is 13.5. The molecule has 58 heavy (non-hydrogen) atoms. The van der Waals surface area contributed by atoms with Gasteiger partial charge in [0.25, 0.3) is 0 Å². The molecule has 1 aliphatic heterocycles. The van der Waals surface area contributed by atoms with E-state index in [1.807, 2.05) is 11.8 Å². The van der Waals surface area contributed by atoms with Gasteiger partial charge in [-0.15, -0.1) is 11.8 Å². The molecular formula is C55H42N2S. The van der Waals surface area contributed by atoms with E-state index in [2.05, 4.69) is 222 Å². The van der Waals surface area contributed by atoms with Crippen LogP contribution in [0.5, 0.6) is 0 Å². The number of rotatable bonds is 8. The lowest BCUT2D eigenvalue weighted by atomic mass is 9.66. The Balaban J connectivity index is 1.10. The lowest BCUT2D eigenvalue weighted by molar-refractivity contribution is 0.750. The van der Waals surface area contributed by atoms with Crippen molar-refractivity contribution in [2.24, 2.45) is 0 Å². The molecular weight excluding hydrogens is 721 g/mol. The van der Waals surface area contributed by atoms with Crippen molar-refractivity contribution in [3.05, 3.63) is 246 Å². The summed E-state index contributed by atoms with van der Waals surface area (Å²) in [6, 6.07) is 66.7. The second-order valence-corrected chi connectivity index (χ2v) is 16.7. The van der Waals surface area contributed by atoms with Gasteiger partial charge in [-0.3, -0.25) is 0 Å². The maximum absolute atomic E-state index is 2.58. The van der Waals surface area contributed by atoms with E-state index in [1.165, 1.54) is 66.5 Å². The SMILES string of the molecule is C1=CC(C2(c3ccccc3)c3cc(N(c4ccccc4)c4ccccc4)ccc3-c3cc4c(cc32)C2=CC=C(N(c3ccccc3)c3ccccc3)CC2S4)=CCC1. The van der Waals surface area contributed by atoms with Gasteiger partial charge in [0.2, 0.25) is 0 Å². The van der Waals surface area contributed by atoms with Crippen molar-refractivity contribution in [1.29, 1.82) is 0 Å². The molecule has 7 aromatic carbocycles. The van der Waals surface area contributed by atoms with Crippen molar-refractivity contribution in [2.75, 3.05) is 9.80 Å². The van der Waals surface area contributed by atoms with Crippen LogP contribution in [0.15, 0.2) is 229 Å². The first-order valence-electron chi connectivity index (χ1n) is 20.4. The fourth-order valence-corrected chi connectivity index (χ4v) is 11.1. The zero-order valence-electron chi connectivity index (χ0n) is 32.2. The topological polar surface area (TPSA) is 6.48 Å². The Bertz CT molecular complexity index is 2690. The number of hydrogen-bond donors (Lipinski definition) is 0. The molecule has 0 amide bonds. The zero-order valence-corrected chi connectivity index (χ0v) is 33.0.